The number of carbonyl (C=O) groups is 1. The summed E-state index contributed by atoms with van der Waals surface area (Å²) < 4.78 is 0.625. The lowest BCUT2D eigenvalue weighted by Gasteiger charge is -2.03. The highest BCUT2D eigenvalue weighted by Crippen LogP contribution is 2.21. The summed E-state index contributed by atoms with van der Waals surface area (Å²) in [6, 6.07) is 4.11. The normalized spacial score (nSPS) is 10.1. The van der Waals surface area contributed by atoms with E-state index in [1.165, 1.54) is 35.0 Å². The smallest absolute Gasteiger partial charge is 0.270 e. The summed E-state index contributed by atoms with van der Waals surface area (Å²) in [5, 5.41) is 20.8. The van der Waals surface area contributed by atoms with Gasteiger partial charge >= 0.3 is 0 Å². The van der Waals surface area contributed by atoms with E-state index in [9.17, 15) is 14.9 Å². The average Bonchev–Trinajstić information content (AvgIpc) is 2.81. The number of anilines is 1. The maximum Gasteiger partial charge on any atom is 0.270 e. The van der Waals surface area contributed by atoms with E-state index in [4.69, 9.17) is 0 Å². The maximum absolute atomic E-state index is 11.9. The Morgan fingerprint density at radius 1 is 1.50 bits per heavy atom. The zero-order chi connectivity index (χ0) is 13.1. The van der Waals surface area contributed by atoms with Crippen molar-refractivity contribution in [1.29, 1.82) is 0 Å². The fraction of sp³-hybridized carbons (Fsp3) is 0. The Bertz CT molecular complexity index is 602. The summed E-state index contributed by atoms with van der Waals surface area (Å²) in [6.07, 6.45) is 0. The highest BCUT2D eigenvalue weighted by molar-refractivity contribution is 14.1. The van der Waals surface area contributed by atoms with Crippen LogP contribution in [0.3, 0.4) is 0 Å². The number of nitro benzene ring substituents is 1. The zero-order valence-electron chi connectivity index (χ0n) is 8.66. The number of halogens is 1. The summed E-state index contributed by atoms with van der Waals surface area (Å²) in [4.78, 5) is 22.0. The van der Waals surface area contributed by atoms with Gasteiger partial charge in [-0.3, -0.25) is 20.2 Å². The van der Waals surface area contributed by atoms with E-state index < -0.39 is 10.8 Å². The summed E-state index contributed by atoms with van der Waals surface area (Å²) in [7, 11) is 0. The number of hydrogen-bond acceptors (Lipinski definition) is 6. The fourth-order valence-corrected chi connectivity index (χ4v) is 2.21. The van der Waals surface area contributed by atoms with E-state index in [0.717, 1.165) is 0 Å². The first-order valence-corrected chi connectivity index (χ1v) is 6.55. The molecule has 0 spiro atoms. The topological polar surface area (TPSA) is 98.0 Å². The Balaban J connectivity index is 2.29. The van der Waals surface area contributed by atoms with Crippen molar-refractivity contribution in [2.45, 2.75) is 0 Å². The summed E-state index contributed by atoms with van der Waals surface area (Å²) in [6.45, 7) is 0. The predicted octanol–water partition coefficient (Wildman–Crippen LogP) is 2.30. The standard InChI is InChI=1S/C9H5IN4O3S/c10-7-2-1-5(14(16)17)3-6(7)8(15)12-9-13-11-4-18-9/h1-4H,(H,12,13,15). The molecule has 0 saturated heterocycles. The van der Waals surface area contributed by atoms with Gasteiger partial charge in [0.2, 0.25) is 5.13 Å². The third-order valence-corrected chi connectivity index (χ3v) is 3.53. The SMILES string of the molecule is O=C(Nc1nncs1)c1cc([N+](=O)[O-])ccc1I. The van der Waals surface area contributed by atoms with Crippen molar-refractivity contribution in [3.63, 3.8) is 0 Å². The molecule has 0 unspecified atom stereocenters. The Morgan fingerprint density at radius 3 is 2.89 bits per heavy atom. The second kappa shape index (κ2) is 5.35. The molecule has 0 saturated carbocycles. The number of nitrogens with one attached hydrogen (secondary N) is 1. The number of amides is 1. The Kier molecular flexibility index (Phi) is 3.81. The highest BCUT2D eigenvalue weighted by atomic mass is 127. The molecule has 1 amide bonds. The predicted molar refractivity (Wildman–Crippen MR) is 73.7 cm³/mol. The molecule has 0 aliphatic heterocycles. The van der Waals surface area contributed by atoms with Crippen LogP contribution in [-0.4, -0.2) is 21.0 Å². The van der Waals surface area contributed by atoms with Crippen molar-refractivity contribution in [3.8, 4) is 0 Å². The van der Waals surface area contributed by atoms with Crippen LogP contribution in [0.15, 0.2) is 23.7 Å². The minimum atomic E-state index is -0.544. The van der Waals surface area contributed by atoms with Crippen LogP contribution in [0.25, 0.3) is 0 Å². The second-order valence-corrected chi connectivity index (χ2v) is 5.11. The van der Waals surface area contributed by atoms with Crippen LogP contribution in [0.5, 0.6) is 0 Å². The Morgan fingerprint density at radius 2 is 2.28 bits per heavy atom. The van der Waals surface area contributed by atoms with Crippen molar-refractivity contribution >= 4 is 50.7 Å². The van der Waals surface area contributed by atoms with Gasteiger partial charge in [0.1, 0.15) is 5.51 Å². The van der Waals surface area contributed by atoms with Gasteiger partial charge in [-0.25, -0.2) is 0 Å². The maximum atomic E-state index is 11.9. The molecule has 92 valence electrons. The number of benzene rings is 1. The molecular weight excluding hydrogens is 371 g/mol. The van der Waals surface area contributed by atoms with Crippen molar-refractivity contribution in [2.75, 3.05) is 5.32 Å². The third kappa shape index (κ3) is 2.79. The number of carbonyl (C=O) groups excluding carboxylic acids is 1. The van der Waals surface area contributed by atoms with E-state index in [1.807, 2.05) is 22.6 Å². The molecule has 18 heavy (non-hydrogen) atoms. The van der Waals surface area contributed by atoms with Crippen LogP contribution in [0.4, 0.5) is 10.8 Å². The van der Waals surface area contributed by atoms with Crippen LogP contribution in [0.1, 0.15) is 10.4 Å². The molecular formula is C9H5IN4O3S. The van der Waals surface area contributed by atoms with E-state index >= 15 is 0 Å². The number of hydrogen-bond donors (Lipinski definition) is 1. The van der Waals surface area contributed by atoms with Gasteiger partial charge in [-0.15, -0.1) is 10.2 Å². The Labute approximate surface area is 119 Å². The summed E-state index contributed by atoms with van der Waals surface area (Å²) in [5.41, 5.74) is 1.59. The molecule has 2 rings (SSSR count). The van der Waals surface area contributed by atoms with Gasteiger partial charge in [-0.2, -0.15) is 0 Å². The van der Waals surface area contributed by atoms with Crippen molar-refractivity contribution in [1.82, 2.24) is 10.2 Å². The molecule has 1 N–H and O–H groups in total. The van der Waals surface area contributed by atoms with Crippen LogP contribution in [-0.2, 0) is 0 Å². The molecule has 0 aliphatic rings. The molecule has 7 nitrogen and oxygen atoms in total. The monoisotopic (exact) mass is 376 g/mol. The number of nitro groups is 1. The Hall–Kier alpha value is -1.62. The van der Waals surface area contributed by atoms with Crippen LogP contribution in [0.2, 0.25) is 0 Å². The molecule has 1 heterocycles. The molecule has 1 aromatic carbocycles. The van der Waals surface area contributed by atoms with E-state index in [0.29, 0.717) is 8.70 Å². The molecule has 0 fully saturated rings. The van der Waals surface area contributed by atoms with Gasteiger partial charge in [0.05, 0.1) is 10.5 Å². The molecule has 2 aromatic rings. The van der Waals surface area contributed by atoms with Crippen molar-refractivity contribution < 1.29 is 9.72 Å². The minimum Gasteiger partial charge on any atom is -0.296 e. The average molecular weight is 376 g/mol. The third-order valence-electron chi connectivity index (χ3n) is 1.99. The van der Waals surface area contributed by atoms with Gasteiger partial charge in [0.25, 0.3) is 11.6 Å². The summed E-state index contributed by atoms with van der Waals surface area (Å²) >= 11 is 3.11. The van der Waals surface area contributed by atoms with Gasteiger partial charge in [0.15, 0.2) is 0 Å². The second-order valence-electron chi connectivity index (χ2n) is 3.12. The van der Waals surface area contributed by atoms with E-state index in [-0.39, 0.29) is 11.3 Å². The van der Waals surface area contributed by atoms with E-state index in [2.05, 4.69) is 15.5 Å². The molecule has 0 radical (unpaired) electrons. The number of non-ortho nitro benzene ring substituents is 1. The first-order chi connectivity index (χ1) is 8.58. The first kappa shape index (κ1) is 12.8. The van der Waals surface area contributed by atoms with E-state index in [1.54, 1.807) is 0 Å². The number of rotatable bonds is 3. The van der Waals surface area contributed by atoms with Gasteiger partial charge < -0.3 is 0 Å². The molecule has 0 atom stereocenters. The molecule has 0 bridgehead atoms. The first-order valence-electron chi connectivity index (χ1n) is 4.59. The fourth-order valence-electron chi connectivity index (χ4n) is 1.19. The highest BCUT2D eigenvalue weighted by Gasteiger charge is 2.16. The zero-order valence-corrected chi connectivity index (χ0v) is 11.6. The largest absolute Gasteiger partial charge is 0.296 e. The van der Waals surface area contributed by atoms with Crippen LogP contribution >= 0.6 is 33.9 Å². The lowest BCUT2D eigenvalue weighted by molar-refractivity contribution is -0.384. The quantitative estimate of drug-likeness (QED) is 0.504. The molecule has 0 aliphatic carbocycles. The van der Waals surface area contributed by atoms with Crippen molar-refractivity contribution in [3.05, 3.63) is 43.0 Å². The number of aromatic nitrogens is 2. The van der Waals surface area contributed by atoms with Crippen LogP contribution < -0.4 is 5.32 Å². The number of nitrogens with zero attached hydrogens (tertiary/aromatic N) is 3. The molecule has 9 heteroatoms. The van der Waals surface area contributed by atoms with Crippen molar-refractivity contribution in [2.24, 2.45) is 0 Å². The summed E-state index contributed by atoms with van der Waals surface area (Å²) in [5.74, 6) is -0.445. The van der Waals surface area contributed by atoms with Gasteiger partial charge in [-0.1, -0.05) is 11.3 Å². The van der Waals surface area contributed by atoms with Crippen LogP contribution in [0, 0.1) is 13.7 Å². The molecule has 1 aromatic heterocycles. The lowest BCUT2D eigenvalue weighted by atomic mass is 10.2. The van der Waals surface area contributed by atoms with Gasteiger partial charge in [0, 0.05) is 15.7 Å². The lowest BCUT2D eigenvalue weighted by Crippen LogP contribution is -2.13. The minimum absolute atomic E-state index is 0.127. The van der Waals surface area contributed by atoms with Gasteiger partial charge in [-0.05, 0) is 28.7 Å².